The van der Waals surface area contributed by atoms with Crippen LogP contribution in [0.4, 0.5) is 4.39 Å². The number of ether oxygens (including phenoxy) is 2. The molecule has 0 radical (unpaired) electrons. The fourth-order valence-corrected chi connectivity index (χ4v) is 2.46. The number of nitrogens with one attached hydrogen (secondary N) is 1. The highest BCUT2D eigenvalue weighted by atomic mass is 35.5. The van der Waals surface area contributed by atoms with Gasteiger partial charge in [0.2, 0.25) is 0 Å². The minimum Gasteiger partial charge on any atom is -0.493 e. The molecule has 0 fully saturated rings. The molecule has 0 aromatic heterocycles. The van der Waals surface area contributed by atoms with Crippen molar-refractivity contribution in [2.45, 2.75) is 33.0 Å². The molecule has 2 aromatic carbocycles. The Morgan fingerprint density at radius 2 is 1.74 bits per heavy atom. The molecule has 5 heteroatoms. The average molecular weight is 338 g/mol. The van der Waals surface area contributed by atoms with Crippen LogP contribution in [0.2, 0.25) is 5.02 Å². The van der Waals surface area contributed by atoms with Gasteiger partial charge in [0.15, 0.2) is 11.5 Å². The van der Waals surface area contributed by atoms with Crippen LogP contribution in [-0.2, 0) is 13.1 Å². The van der Waals surface area contributed by atoms with E-state index in [1.807, 2.05) is 26.0 Å². The first-order valence-corrected chi connectivity index (χ1v) is 7.85. The summed E-state index contributed by atoms with van der Waals surface area (Å²) < 4.78 is 23.9. The second-order valence-corrected chi connectivity index (χ2v) is 5.91. The fraction of sp³-hybridized carbons (Fsp3) is 0.333. The normalized spacial score (nSPS) is 10.9. The Morgan fingerprint density at radius 1 is 1.09 bits per heavy atom. The van der Waals surface area contributed by atoms with E-state index < -0.39 is 0 Å². The van der Waals surface area contributed by atoms with Gasteiger partial charge in [-0.05, 0) is 49.2 Å². The van der Waals surface area contributed by atoms with Crippen molar-refractivity contribution >= 4 is 11.6 Å². The molecule has 2 rings (SSSR count). The standard InChI is InChI=1S/C18H21ClFNO2/c1-12(2)23-18-16(19)8-14(9-17(18)22-3)11-21-10-13-4-6-15(20)7-5-13/h4-9,12,21H,10-11H2,1-3H3. The summed E-state index contributed by atoms with van der Waals surface area (Å²) in [6.45, 7) is 5.14. The number of halogens is 2. The molecule has 0 amide bonds. The average Bonchev–Trinajstić information content (AvgIpc) is 2.51. The third-order valence-electron chi connectivity index (χ3n) is 3.21. The Hall–Kier alpha value is -1.78. The van der Waals surface area contributed by atoms with Gasteiger partial charge in [0.25, 0.3) is 0 Å². The molecule has 0 atom stereocenters. The van der Waals surface area contributed by atoms with Gasteiger partial charge in [0, 0.05) is 13.1 Å². The molecule has 0 saturated carbocycles. The third-order valence-corrected chi connectivity index (χ3v) is 3.50. The number of hydrogen-bond donors (Lipinski definition) is 1. The van der Waals surface area contributed by atoms with Gasteiger partial charge in [0.05, 0.1) is 18.2 Å². The summed E-state index contributed by atoms with van der Waals surface area (Å²) in [4.78, 5) is 0. The summed E-state index contributed by atoms with van der Waals surface area (Å²) >= 11 is 6.30. The Balaban J connectivity index is 2.02. The summed E-state index contributed by atoms with van der Waals surface area (Å²) in [6.07, 6.45) is 0.0175. The zero-order valence-corrected chi connectivity index (χ0v) is 14.3. The van der Waals surface area contributed by atoms with E-state index in [0.717, 1.165) is 11.1 Å². The lowest BCUT2D eigenvalue weighted by atomic mass is 10.1. The summed E-state index contributed by atoms with van der Waals surface area (Å²) in [5.74, 6) is 0.947. The second-order valence-electron chi connectivity index (χ2n) is 5.51. The number of rotatable bonds is 7. The summed E-state index contributed by atoms with van der Waals surface area (Å²) in [6, 6.07) is 10.2. The van der Waals surface area contributed by atoms with Gasteiger partial charge in [-0.3, -0.25) is 0 Å². The maximum Gasteiger partial charge on any atom is 0.180 e. The van der Waals surface area contributed by atoms with Crippen molar-refractivity contribution in [3.05, 3.63) is 58.4 Å². The van der Waals surface area contributed by atoms with Crippen LogP contribution < -0.4 is 14.8 Å². The van der Waals surface area contributed by atoms with E-state index in [1.54, 1.807) is 19.2 Å². The van der Waals surface area contributed by atoms with Gasteiger partial charge >= 0.3 is 0 Å². The van der Waals surface area contributed by atoms with Crippen LogP contribution in [0.1, 0.15) is 25.0 Å². The van der Waals surface area contributed by atoms with Gasteiger partial charge in [0.1, 0.15) is 5.82 Å². The Labute approximate surface area is 141 Å². The molecular weight excluding hydrogens is 317 g/mol. The number of hydrogen-bond acceptors (Lipinski definition) is 3. The van der Waals surface area contributed by atoms with Crippen LogP contribution in [0, 0.1) is 5.82 Å². The Kier molecular flexibility index (Phi) is 6.25. The van der Waals surface area contributed by atoms with E-state index in [2.05, 4.69) is 5.32 Å². The molecule has 0 aliphatic heterocycles. The second kappa shape index (κ2) is 8.18. The maximum absolute atomic E-state index is 12.9. The summed E-state index contributed by atoms with van der Waals surface area (Å²) in [5.41, 5.74) is 2.01. The first kappa shape index (κ1) is 17.6. The summed E-state index contributed by atoms with van der Waals surface area (Å²) in [5, 5.41) is 3.82. The quantitative estimate of drug-likeness (QED) is 0.803. The molecule has 1 N–H and O–H groups in total. The monoisotopic (exact) mass is 337 g/mol. The molecule has 0 aliphatic rings. The van der Waals surface area contributed by atoms with E-state index in [4.69, 9.17) is 21.1 Å². The van der Waals surface area contributed by atoms with Crippen molar-refractivity contribution in [1.82, 2.24) is 5.32 Å². The Bertz CT molecular complexity index is 644. The molecular formula is C18H21ClFNO2. The van der Waals surface area contributed by atoms with Crippen molar-refractivity contribution in [3.63, 3.8) is 0 Å². The largest absolute Gasteiger partial charge is 0.493 e. The number of methoxy groups -OCH3 is 1. The maximum atomic E-state index is 12.9. The van der Waals surface area contributed by atoms with Crippen LogP contribution in [0.5, 0.6) is 11.5 Å². The SMILES string of the molecule is COc1cc(CNCc2ccc(F)cc2)cc(Cl)c1OC(C)C. The van der Waals surface area contributed by atoms with Crippen LogP contribution in [0.25, 0.3) is 0 Å². The van der Waals surface area contributed by atoms with E-state index in [-0.39, 0.29) is 11.9 Å². The van der Waals surface area contributed by atoms with Crippen LogP contribution in [-0.4, -0.2) is 13.2 Å². The molecule has 2 aromatic rings. The topological polar surface area (TPSA) is 30.5 Å². The number of benzene rings is 2. The highest BCUT2D eigenvalue weighted by Crippen LogP contribution is 2.37. The molecule has 0 spiro atoms. The van der Waals surface area contributed by atoms with Crippen molar-refractivity contribution < 1.29 is 13.9 Å². The van der Waals surface area contributed by atoms with Crippen LogP contribution in [0.3, 0.4) is 0 Å². The minimum absolute atomic E-state index is 0.0175. The smallest absolute Gasteiger partial charge is 0.180 e. The Morgan fingerprint density at radius 3 is 2.35 bits per heavy atom. The lowest BCUT2D eigenvalue weighted by Gasteiger charge is -2.16. The van der Waals surface area contributed by atoms with Crippen molar-refractivity contribution in [2.75, 3.05) is 7.11 Å². The van der Waals surface area contributed by atoms with Crippen molar-refractivity contribution in [2.24, 2.45) is 0 Å². The minimum atomic E-state index is -0.231. The van der Waals surface area contributed by atoms with Crippen molar-refractivity contribution in [1.29, 1.82) is 0 Å². The molecule has 124 valence electrons. The van der Waals surface area contributed by atoms with Gasteiger partial charge < -0.3 is 14.8 Å². The van der Waals surface area contributed by atoms with Crippen LogP contribution >= 0.6 is 11.6 Å². The molecule has 23 heavy (non-hydrogen) atoms. The predicted molar refractivity (Wildman–Crippen MR) is 90.7 cm³/mol. The lowest BCUT2D eigenvalue weighted by molar-refractivity contribution is 0.230. The predicted octanol–water partition coefficient (Wildman–Crippen LogP) is 4.56. The zero-order valence-electron chi connectivity index (χ0n) is 13.5. The van der Waals surface area contributed by atoms with Gasteiger partial charge in [-0.1, -0.05) is 23.7 Å². The van der Waals surface area contributed by atoms with E-state index in [1.165, 1.54) is 12.1 Å². The van der Waals surface area contributed by atoms with E-state index in [9.17, 15) is 4.39 Å². The van der Waals surface area contributed by atoms with Gasteiger partial charge in [-0.15, -0.1) is 0 Å². The molecule has 0 bridgehead atoms. The molecule has 0 heterocycles. The van der Waals surface area contributed by atoms with Gasteiger partial charge in [-0.25, -0.2) is 4.39 Å². The third kappa shape index (κ3) is 5.12. The molecule has 0 saturated heterocycles. The lowest BCUT2D eigenvalue weighted by Crippen LogP contribution is -2.13. The first-order valence-electron chi connectivity index (χ1n) is 7.48. The molecule has 0 unspecified atom stereocenters. The first-order chi connectivity index (χ1) is 11.0. The highest BCUT2D eigenvalue weighted by molar-refractivity contribution is 6.32. The van der Waals surface area contributed by atoms with E-state index >= 15 is 0 Å². The highest BCUT2D eigenvalue weighted by Gasteiger charge is 2.13. The zero-order chi connectivity index (χ0) is 16.8. The molecule has 0 aliphatic carbocycles. The fourth-order valence-electron chi connectivity index (χ4n) is 2.18. The van der Waals surface area contributed by atoms with Crippen LogP contribution in [0.15, 0.2) is 36.4 Å². The molecule has 3 nitrogen and oxygen atoms in total. The van der Waals surface area contributed by atoms with Gasteiger partial charge in [-0.2, -0.15) is 0 Å². The van der Waals surface area contributed by atoms with Crippen molar-refractivity contribution in [3.8, 4) is 11.5 Å². The van der Waals surface area contributed by atoms with E-state index in [0.29, 0.717) is 29.6 Å². The summed E-state index contributed by atoms with van der Waals surface area (Å²) in [7, 11) is 1.59.